The zero-order chi connectivity index (χ0) is 23.1. The monoisotopic (exact) mass is 462 g/mol. The molecule has 0 radical (unpaired) electrons. The van der Waals surface area contributed by atoms with E-state index in [4.69, 9.17) is 9.72 Å². The highest BCUT2D eigenvalue weighted by atomic mass is 16.5. The number of aromatic nitrogens is 4. The Labute approximate surface area is 195 Å². The Balaban J connectivity index is 1.42. The van der Waals surface area contributed by atoms with Crippen LogP contribution in [0, 0.1) is 0 Å². The van der Waals surface area contributed by atoms with Crippen LogP contribution in [0.4, 0.5) is 16.3 Å². The lowest BCUT2D eigenvalue weighted by Crippen LogP contribution is -2.39. The predicted molar refractivity (Wildman–Crippen MR) is 124 cm³/mol. The number of rotatable bonds is 4. The summed E-state index contributed by atoms with van der Waals surface area (Å²) in [6.45, 7) is 2.70. The van der Waals surface area contributed by atoms with Gasteiger partial charge in [0, 0.05) is 49.5 Å². The van der Waals surface area contributed by atoms with Crippen LogP contribution in [0.15, 0.2) is 36.9 Å². The summed E-state index contributed by atoms with van der Waals surface area (Å²) in [5, 5.41) is 8.98. The maximum atomic E-state index is 13.5. The summed E-state index contributed by atoms with van der Waals surface area (Å²) < 4.78 is 7.51. The fourth-order valence-electron chi connectivity index (χ4n) is 5.29. The maximum absolute atomic E-state index is 13.5. The first-order valence-corrected chi connectivity index (χ1v) is 11.7. The molecule has 11 nitrogen and oxygen atoms in total. The number of hydrogen-bond donors (Lipinski definition) is 3. The smallest absolute Gasteiger partial charge is 0.315 e. The number of anilines is 2. The van der Waals surface area contributed by atoms with Gasteiger partial charge in [-0.05, 0) is 31.4 Å². The predicted octanol–water partition coefficient (Wildman–Crippen LogP) is 1.53. The number of hydrogen-bond acceptors (Lipinski definition) is 7. The summed E-state index contributed by atoms with van der Waals surface area (Å²) in [6, 6.07) is 3.54. The second-order valence-electron chi connectivity index (χ2n) is 8.92. The molecule has 11 heteroatoms. The Bertz CT molecular complexity index is 1220. The van der Waals surface area contributed by atoms with Gasteiger partial charge in [0.2, 0.25) is 0 Å². The van der Waals surface area contributed by atoms with Crippen LogP contribution in [-0.2, 0) is 4.74 Å². The van der Waals surface area contributed by atoms with E-state index in [-0.39, 0.29) is 29.9 Å². The van der Waals surface area contributed by atoms with Gasteiger partial charge in [-0.25, -0.2) is 14.8 Å². The summed E-state index contributed by atoms with van der Waals surface area (Å²) >= 11 is 0. The third-order valence-corrected chi connectivity index (χ3v) is 6.89. The quantitative estimate of drug-likeness (QED) is 0.537. The number of nitrogens with one attached hydrogen (secondary N) is 3. The van der Waals surface area contributed by atoms with Gasteiger partial charge in [0.15, 0.2) is 17.2 Å². The summed E-state index contributed by atoms with van der Waals surface area (Å²) in [6.07, 6.45) is 9.34. The van der Waals surface area contributed by atoms with Gasteiger partial charge in [0.1, 0.15) is 0 Å². The average molecular weight is 463 g/mol. The van der Waals surface area contributed by atoms with Crippen LogP contribution in [-0.4, -0.2) is 69.7 Å². The molecule has 3 aromatic heterocycles. The Morgan fingerprint density at radius 1 is 1.09 bits per heavy atom. The van der Waals surface area contributed by atoms with Crippen LogP contribution >= 0.6 is 0 Å². The van der Waals surface area contributed by atoms with Crippen molar-refractivity contribution in [2.24, 2.45) is 0 Å². The highest BCUT2D eigenvalue weighted by molar-refractivity contribution is 6.04. The van der Waals surface area contributed by atoms with Crippen LogP contribution in [0.2, 0.25) is 0 Å². The number of urea groups is 1. The molecule has 3 aliphatic rings. The second kappa shape index (κ2) is 8.56. The van der Waals surface area contributed by atoms with E-state index >= 15 is 0 Å². The molecule has 0 aromatic carbocycles. The van der Waals surface area contributed by atoms with Gasteiger partial charge in [0.05, 0.1) is 31.0 Å². The zero-order valence-electron chi connectivity index (χ0n) is 18.6. The molecule has 3 atom stereocenters. The number of imidazole rings is 1. The van der Waals surface area contributed by atoms with E-state index in [9.17, 15) is 9.59 Å². The highest BCUT2D eigenvalue weighted by Gasteiger charge is 2.40. The van der Waals surface area contributed by atoms with E-state index in [0.717, 1.165) is 43.9 Å². The Kier molecular flexibility index (Phi) is 5.25. The number of fused-ring (bicyclic) bond motifs is 2. The first-order valence-electron chi connectivity index (χ1n) is 11.7. The van der Waals surface area contributed by atoms with Crippen molar-refractivity contribution in [2.45, 2.75) is 37.3 Å². The Morgan fingerprint density at radius 3 is 2.71 bits per heavy atom. The number of nitrogens with zero attached hydrogens (tertiary/aromatic N) is 5. The van der Waals surface area contributed by atoms with Gasteiger partial charge in [0.25, 0.3) is 5.91 Å². The largest absolute Gasteiger partial charge is 0.378 e. The highest BCUT2D eigenvalue weighted by Crippen LogP contribution is 2.37. The fraction of sp³-hybridized carbons (Fsp3) is 0.435. The lowest BCUT2D eigenvalue weighted by molar-refractivity contribution is 0.102. The van der Waals surface area contributed by atoms with Crippen molar-refractivity contribution in [1.82, 2.24) is 30.0 Å². The van der Waals surface area contributed by atoms with Crippen LogP contribution in [0.25, 0.3) is 5.65 Å². The van der Waals surface area contributed by atoms with Gasteiger partial charge < -0.3 is 25.6 Å². The lowest BCUT2D eigenvalue weighted by Gasteiger charge is -2.31. The molecule has 5 heterocycles. The first kappa shape index (κ1) is 20.8. The summed E-state index contributed by atoms with van der Waals surface area (Å²) in [5.41, 5.74) is 2.57. The topological polar surface area (TPSA) is 126 Å². The van der Waals surface area contributed by atoms with E-state index < -0.39 is 0 Å². The summed E-state index contributed by atoms with van der Waals surface area (Å²) in [7, 11) is 0. The molecule has 2 aliphatic heterocycles. The van der Waals surface area contributed by atoms with Crippen LogP contribution < -0.4 is 20.9 Å². The summed E-state index contributed by atoms with van der Waals surface area (Å²) in [4.78, 5) is 41.0. The third-order valence-electron chi connectivity index (χ3n) is 6.89. The molecule has 34 heavy (non-hydrogen) atoms. The van der Waals surface area contributed by atoms with E-state index in [2.05, 4.69) is 30.8 Å². The fourth-order valence-corrected chi connectivity index (χ4v) is 5.29. The van der Waals surface area contributed by atoms with Gasteiger partial charge in [-0.1, -0.05) is 0 Å². The molecule has 3 N–H and O–H groups in total. The molecule has 176 valence electrons. The van der Waals surface area contributed by atoms with E-state index in [1.807, 2.05) is 10.6 Å². The lowest BCUT2D eigenvalue weighted by atomic mass is 9.80. The average Bonchev–Trinajstić information content (AvgIpc) is 3.44. The minimum Gasteiger partial charge on any atom is -0.378 e. The number of morpholine rings is 1. The van der Waals surface area contributed by atoms with Crippen LogP contribution in [0.5, 0.6) is 0 Å². The summed E-state index contributed by atoms with van der Waals surface area (Å²) in [5.74, 6) is 0.544. The molecule has 3 amide bonds. The Morgan fingerprint density at radius 2 is 1.88 bits per heavy atom. The zero-order valence-corrected chi connectivity index (χ0v) is 18.6. The number of ether oxygens (including phenoxy) is 1. The molecule has 1 aliphatic carbocycles. The minimum absolute atomic E-state index is 0.0356. The number of pyridine rings is 1. The number of amides is 3. The maximum Gasteiger partial charge on any atom is 0.315 e. The second-order valence-corrected chi connectivity index (χ2v) is 8.92. The van der Waals surface area contributed by atoms with Gasteiger partial charge in [-0.3, -0.25) is 14.2 Å². The van der Waals surface area contributed by atoms with Crippen LogP contribution in [0.3, 0.4) is 0 Å². The van der Waals surface area contributed by atoms with Gasteiger partial charge >= 0.3 is 6.03 Å². The van der Waals surface area contributed by atoms with Gasteiger partial charge in [-0.15, -0.1) is 0 Å². The van der Waals surface area contributed by atoms with Crippen molar-refractivity contribution >= 4 is 29.1 Å². The Hall–Kier alpha value is -3.73. The van der Waals surface area contributed by atoms with Crippen LogP contribution in [0.1, 0.15) is 41.4 Å². The molecule has 0 spiro atoms. The van der Waals surface area contributed by atoms with E-state index in [1.165, 1.54) is 0 Å². The molecular formula is C23H26N8O3. The number of carbonyl (C=O) groups excluding carboxylic acids is 2. The number of carbonyl (C=O) groups is 2. The van der Waals surface area contributed by atoms with Crippen molar-refractivity contribution in [3.05, 3.63) is 48.3 Å². The standard InChI is InChI=1S/C23H26N8O3/c32-22(26-15-3-5-24-6-4-15)18-19(14-1-2-16-17(13-14)28-23(33)27-16)31-8-7-25-20(21(31)29-18)30-9-11-34-12-10-30/h3-8,14,16-17H,1-2,9-13H2,(H,24,26,32)(H2,27,28,33). The van der Waals surface area contributed by atoms with Crippen molar-refractivity contribution in [3.63, 3.8) is 0 Å². The molecule has 1 saturated carbocycles. The molecule has 3 unspecified atom stereocenters. The normalized spacial score (nSPS) is 24.4. The first-order chi connectivity index (χ1) is 16.7. The van der Waals surface area contributed by atoms with Crippen molar-refractivity contribution in [2.75, 3.05) is 36.5 Å². The van der Waals surface area contributed by atoms with Crippen molar-refractivity contribution in [1.29, 1.82) is 0 Å². The molecule has 6 rings (SSSR count). The molecule has 0 bridgehead atoms. The minimum atomic E-state index is -0.270. The third kappa shape index (κ3) is 3.71. The van der Waals surface area contributed by atoms with Gasteiger partial charge in [-0.2, -0.15) is 0 Å². The SMILES string of the molecule is O=C1NC2CCC(c3c(C(=O)Nc4ccncc4)nc4c(N5CCOCC5)nccn34)CC2N1. The van der Waals surface area contributed by atoms with E-state index in [1.54, 1.807) is 30.7 Å². The van der Waals surface area contributed by atoms with Crippen molar-refractivity contribution < 1.29 is 14.3 Å². The molecule has 3 fully saturated rings. The molecule has 3 aromatic rings. The van der Waals surface area contributed by atoms with E-state index in [0.29, 0.717) is 30.2 Å². The molecule has 2 saturated heterocycles. The molecular weight excluding hydrogens is 436 g/mol. The van der Waals surface area contributed by atoms with Crippen molar-refractivity contribution in [3.8, 4) is 0 Å².